The van der Waals surface area contributed by atoms with Crippen LogP contribution < -0.4 is 11.1 Å². The maximum Gasteiger partial charge on any atom is 0.406 e. The molecule has 3 N–H and O–H groups in total. The minimum Gasteiger partial charge on any atom is -0.362 e. The summed E-state index contributed by atoms with van der Waals surface area (Å²) in [7, 11) is 1.75. The van der Waals surface area contributed by atoms with Gasteiger partial charge in [-0.25, -0.2) is 0 Å². The monoisotopic (exact) mass is 239 g/mol. The molecule has 7 heteroatoms. The molecule has 0 aromatic carbocycles. The first kappa shape index (κ1) is 11.8. The van der Waals surface area contributed by atoms with Crippen molar-refractivity contribution in [3.05, 3.63) is 15.9 Å². The number of nitro groups is 1. The zero-order chi connectivity index (χ0) is 12.6. The average Bonchev–Trinajstić information content (AvgIpc) is 2.51. The van der Waals surface area contributed by atoms with E-state index in [1.54, 1.807) is 18.5 Å². The average molecular weight is 239 g/mol. The van der Waals surface area contributed by atoms with Crippen LogP contribution in [-0.2, 0) is 7.05 Å². The molecular formula is C10H17N5O2. The van der Waals surface area contributed by atoms with Gasteiger partial charge in [0.25, 0.3) is 0 Å². The van der Waals surface area contributed by atoms with E-state index in [1.807, 2.05) is 0 Å². The van der Waals surface area contributed by atoms with Gasteiger partial charge in [-0.1, -0.05) is 0 Å². The number of aryl methyl sites for hydroxylation is 1. The lowest BCUT2D eigenvalue weighted by atomic mass is 9.78. The molecule has 0 spiro atoms. The van der Waals surface area contributed by atoms with Crippen LogP contribution in [0.1, 0.15) is 25.1 Å². The minimum atomic E-state index is -0.473. The number of hydrogen-bond acceptors (Lipinski definition) is 5. The number of anilines is 1. The molecule has 0 atom stereocenters. The van der Waals surface area contributed by atoms with E-state index in [1.165, 1.54) is 0 Å². The zero-order valence-corrected chi connectivity index (χ0v) is 10.1. The van der Waals surface area contributed by atoms with Crippen LogP contribution in [-0.4, -0.2) is 26.6 Å². The van der Waals surface area contributed by atoms with Crippen molar-refractivity contribution < 1.29 is 4.92 Å². The predicted octanol–water partition coefficient (Wildman–Crippen LogP) is 0.930. The van der Waals surface area contributed by atoms with Gasteiger partial charge in [0, 0.05) is 26.1 Å². The van der Waals surface area contributed by atoms with E-state index in [4.69, 9.17) is 5.73 Å². The van der Waals surface area contributed by atoms with Crippen LogP contribution in [0.25, 0.3) is 0 Å². The predicted molar refractivity (Wildman–Crippen MR) is 63.9 cm³/mol. The van der Waals surface area contributed by atoms with E-state index in [2.05, 4.69) is 10.3 Å². The Labute approximate surface area is 99.2 Å². The number of rotatable bonds is 4. The summed E-state index contributed by atoms with van der Waals surface area (Å²) in [6, 6.07) is 0. The molecule has 1 saturated carbocycles. The van der Waals surface area contributed by atoms with Crippen LogP contribution in [0.3, 0.4) is 0 Å². The molecule has 0 saturated heterocycles. The van der Waals surface area contributed by atoms with E-state index in [0.29, 0.717) is 18.2 Å². The Balaban J connectivity index is 2.16. The van der Waals surface area contributed by atoms with E-state index >= 15 is 0 Å². The highest BCUT2D eigenvalue weighted by atomic mass is 16.6. The summed E-state index contributed by atoms with van der Waals surface area (Å²) in [5.41, 5.74) is 5.86. The molecule has 7 nitrogen and oxygen atoms in total. The van der Waals surface area contributed by atoms with Crippen molar-refractivity contribution in [3.63, 3.8) is 0 Å². The van der Waals surface area contributed by atoms with Crippen LogP contribution in [0.5, 0.6) is 0 Å². The lowest BCUT2D eigenvalue weighted by molar-refractivity contribution is -0.388. The molecule has 1 aromatic rings. The first-order chi connectivity index (χ1) is 7.93. The van der Waals surface area contributed by atoms with Gasteiger partial charge in [0.15, 0.2) is 0 Å². The van der Waals surface area contributed by atoms with Crippen LogP contribution in [0.15, 0.2) is 0 Å². The van der Waals surface area contributed by atoms with Crippen molar-refractivity contribution in [2.75, 3.05) is 11.9 Å². The van der Waals surface area contributed by atoms with Gasteiger partial charge in [0.2, 0.25) is 11.6 Å². The highest BCUT2D eigenvalue weighted by Crippen LogP contribution is 2.31. The summed E-state index contributed by atoms with van der Waals surface area (Å²) in [6.07, 6.45) is 3.06. The molecule has 0 unspecified atom stereocenters. The zero-order valence-electron chi connectivity index (χ0n) is 10.1. The summed E-state index contributed by atoms with van der Waals surface area (Å²) in [5.74, 6) is 0.913. The Morgan fingerprint density at radius 2 is 2.29 bits per heavy atom. The third-order valence-electron chi connectivity index (χ3n) is 3.43. The van der Waals surface area contributed by atoms with E-state index in [9.17, 15) is 10.1 Å². The molecule has 17 heavy (non-hydrogen) atoms. The molecule has 1 fully saturated rings. The first-order valence-corrected chi connectivity index (χ1v) is 5.63. The van der Waals surface area contributed by atoms with Crippen LogP contribution in [0.4, 0.5) is 11.6 Å². The molecule has 0 bridgehead atoms. The number of nitrogens with zero attached hydrogens (tertiary/aromatic N) is 3. The molecule has 1 aromatic heterocycles. The lowest BCUT2D eigenvalue weighted by Gasteiger charge is -2.38. The number of aromatic nitrogens is 2. The minimum absolute atomic E-state index is 0.132. The van der Waals surface area contributed by atoms with Gasteiger partial charge < -0.3 is 21.2 Å². The Morgan fingerprint density at radius 1 is 1.65 bits per heavy atom. The second-order valence-electron chi connectivity index (χ2n) is 4.72. The fourth-order valence-corrected chi connectivity index (χ4v) is 1.99. The molecule has 0 aliphatic heterocycles. The molecule has 94 valence electrons. The van der Waals surface area contributed by atoms with Gasteiger partial charge >= 0.3 is 5.82 Å². The van der Waals surface area contributed by atoms with Crippen molar-refractivity contribution in [1.29, 1.82) is 0 Å². The molecule has 2 rings (SSSR count). The van der Waals surface area contributed by atoms with Crippen molar-refractivity contribution >= 4 is 11.6 Å². The summed E-state index contributed by atoms with van der Waals surface area (Å²) in [6.45, 7) is 2.28. The molecule has 1 aliphatic carbocycles. The standard InChI is InChI=1S/C10H17N5O2/c1-7-13-9(15(16)17)8(14(7)2)12-6-10(11)4-3-5-10/h12H,3-6,11H2,1-2H3. The third kappa shape index (κ3) is 2.10. The Hall–Kier alpha value is -1.63. The number of nitrogens with two attached hydrogens (primary N) is 1. The van der Waals surface area contributed by atoms with Gasteiger partial charge in [-0.2, -0.15) is 0 Å². The summed E-state index contributed by atoms with van der Waals surface area (Å²) >= 11 is 0. The summed E-state index contributed by atoms with van der Waals surface area (Å²) in [4.78, 5) is 14.3. The number of nitrogens with one attached hydrogen (secondary N) is 1. The Morgan fingerprint density at radius 3 is 2.76 bits per heavy atom. The van der Waals surface area contributed by atoms with Crippen LogP contribution >= 0.6 is 0 Å². The fourth-order valence-electron chi connectivity index (χ4n) is 1.99. The van der Waals surface area contributed by atoms with Crippen molar-refractivity contribution in [3.8, 4) is 0 Å². The third-order valence-corrected chi connectivity index (χ3v) is 3.43. The van der Waals surface area contributed by atoms with Gasteiger partial charge in [-0.05, 0) is 29.2 Å². The normalized spacial score (nSPS) is 17.6. The van der Waals surface area contributed by atoms with Gasteiger partial charge in [0.05, 0.1) is 0 Å². The van der Waals surface area contributed by atoms with Crippen LogP contribution in [0.2, 0.25) is 0 Å². The second kappa shape index (κ2) is 3.99. The molecule has 1 heterocycles. The SMILES string of the molecule is Cc1nc([N+](=O)[O-])c(NCC2(N)CCC2)n1C. The molecular weight excluding hydrogens is 222 g/mol. The first-order valence-electron chi connectivity index (χ1n) is 5.63. The van der Waals surface area contributed by atoms with E-state index < -0.39 is 4.92 Å². The summed E-state index contributed by atoms with van der Waals surface area (Å²) < 4.78 is 1.68. The van der Waals surface area contributed by atoms with E-state index in [0.717, 1.165) is 19.3 Å². The lowest BCUT2D eigenvalue weighted by Crippen LogP contribution is -2.52. The Kier molecular flexibility index (Phi) is 2.78. The van der Waals surface area contributed by atoms with Gasteiger partial charge in [-0.15, -0.1) is 0 Å². The van der Waals surface area contributed by atoms with Crippen molar-refractivity contribution in [2.45, 2.75) is 31.7 Å². The highest BCUT2D eigenvalue weighted by molar-refractivity contribution is 5.53. The second-order valence-corrected chi connectivity index (χ2v) is 4.72. The summed E-state index contributed by atoms with van der Waals surface area (Å²) in [5, 5.41) is 13.9. The molecule has 0 amide bonds. The van der Waals surface area contributed by atoms with Crippen molar-refractivity contribution in [2.24, 2.45) is 12.8 Å². The fraction of sp³-hybridized carbons (Fsp3) is 0.700. The van der Waals surface area contributed by atoms with Gasteiger partial charge in [0.1, 0.15) is 0 Å². The van der Waals surface area contributed by atoms with Crippen LogP contribution in [0, 0.1) is 17.0 Å². The largest absolute Gasteiger partial charge is 0.406 e. The van der Waals surface area contributed by atoms with E-state index in [-0.39, 0.29) is 11.4 Å². The maximum atomic E-state index is 10.9. The smallest absolute Gasteiger partial charge is 0.362 e. The highest BCUT2D eigenvalue weighted by Gasteiger charge is 2.33. The van der Waals surface area contributed by atoms with Gasteiger partial charge in [-0.3, -0.25) is 4.57 Å². The number of imidazole rings is 1. The molecule has 0 radical (unpaired) electrons. The maximum absolute atomic E-state index is 10.9. The Bertz CT molecular complexity index is 450. The number of hydrogen-bond donors (Lipinski definition) is 2. The van der Waals surface area contributed by atoms with Crippen molar-refractivity contribution in [1.82, 2.24) is 9.55 Å². The topological polar surface area (TPSA) is 99.0 Å². The molecule has 1 aliphatic rings. The quantitative estimate of drug-likeness (QED) is 0.601.